The van der Waals surface area contributed by atoms with Crippen molar-refractivity contribution in [1.82, 2.24) is 0 Å². The molecule has 2 nitrogen and oxygen atoms in total. The zero-order chi connectivity index (χ0) is 13.7. The van der Waals surface area contributed by atoms with Crippen LogP contribution in [-0.2, 0) is 13.0 Å². The number of aryl methyl sites for hydroxylation is 1. The van der Waals surface area contributed by atoms with E-state index in [1.54, 1.807) is 0 Å². The van der Waals surface area contributed by atoms with Crippen LogP contribution in [0.25, 0.3) is 0 Å². The lowest BCUT2D eigenvalue weighted by atomic mass is 10.1. The Labute approximate surface area is 119 Å². The third-order valence-corrected chi connectivity index (χ3v) is 3.22. The summed E-state index contributed by atoms with van der Waals surface area (Å²) in [4.78, 5) is 0. The van der Waals surface area contributed by atoms with Crippen molar-refractivity contribution in [2.75, 3.05) is 6.54 Å². The zero-order valence-electron chi connectivity index (χ0n) is 11.0. The Bertz CT molecular complexity index is 537. The molecule has 100 valence electrons. The first-order valence-electron chi connectivity index (χ1n) is 6.36. The highest BCUT2D eigenvalue weighted by atomic mass is 35.5. The predicted molar refractivity (Wildman–Crippen MR) is 79.7 cm³/mol. The highest BCUT2D eigenvalue weighted by Crippen LogP contribution is 2.22. The molecule has 0 amide bonds. The van der Waals surface area contributed by atoms with Crippen molar-refractivity contribution in [1.29, 1.82) is 0 Å². The first-order valence-corrected chi connectivity index (χ1v) is 6.73. The fourth-order valence-electron chi connectivity index (χ4n) is 1.90. The molecule has 2 rings (SSSR count). The minimum Gasteiger partial charge on any atom is -0.489 e. The van der Waals surface area contributed by atoms with Gasteiger partial charge in [0.2, 0.25) is 0 Å². The maximum absolute atomic E-state index is 5.92. The zero-order valence-corrected chi connectivity index (χ0v) is 11.8. The topological polar surface area (TPSA) is 35.2 Å². The van der Waals surface area contributed by atoms with Crippen molar-refractivity contribution in [3.05, 3.63) is 64.2 Å². The van der Waals surface area contributed by atoms with Gasteiger partial charge in [0, 0.05) is 5.02 Å². The molecule has 0 spiro atoms. The minimum atomic E-state index is 0.561. The summed E-state index contributed by atoms with van der Waals surface area (Å²) in [7, 11) is 0. The van der Waals surface area contributed by atoms with Crippen molar-refractivity contribution >= 4 is 11.6 Å². The Balaban J connectivity index is 1.98. The van der Waals surface area contributed by atoms with Crippen LogP contribution in [0.1, 0.15) is 16.7 Å². The molecule has 0 heterocycles. The van der Waals surface area contributed by atoms with Gasteiger partial charge in [0.05, 0.1) is 0 Å². The average Bonchev–Trinajstić information content (AvgIpc) is 2.40. The van der Waals surface area contributed by atoms with E-state index >= 15 is 0 Å². The highest BCUT2D eigenvalue weighted by molar-refractivity contribution is 6.30. The van der Waals surface area contributed by atoms with E-state index in [1.807, 2.05) is 25.1 Å². The minimum absolute atomic E-state index is 0.561. The summed E-state index contributed by atoms with van der Waals surface area (Å²) in [5.41, 5.74) is 8.98. The van der Waals surface area contributed by atoms with Gasteiger partial charge in [-0.25, -0.2) is 0 Å². The number of hydrogen-bond donors (Lipinski definition) is 1. The highest BCUT2D eigenvalue weighted by Gasteiger charge is 2.01. The van der Waals surface area contributed by atoms with Crippen molar-refractivity contribution in [2.24, 2.45) is 5.73 Å². The van der Waals surface area contributed by atoms with E-state index < -0.39 is 0 Å². The molecule has 2 aromatic carbocycles. The van der Waals surface area contributed by atoms with E-state index in [1.165, 1.54) is 5.56 Å². The van der Waals surface area contributed by atoms with E-state index in [-0.39, 0.29) is 0 Å². The van der Waals surface area contributed by atoms with Crippen LogP contribution in [0.4, 0.5) is 0 Å². The third kappa shape index (κ3) is 3.98. The summed E-state index contributed by atoms with van der Waals surface area (Å²) in [6.07, 6.45) is 0.914. The molecular weight excluding hydrogens is 258 g/mol. The molecule has 0 aromatic heterocycles. The van der Waals surface area contributed by atoms with Crippen LogP contribution < -0.4 is 10.5 Å². The van der Waals surface area contributed by atoms with Crippen LogP contribution in [0.15, 0.2) is 42.5 Å². The first kappa shape index (κ1) is 13.9. The molecule has 19 heavy (non-hydrogen) atoms. The number of nitrogens with two attached hydrogens (primary N) is 1. The normalized spacial score (nSPS) is 10.5. The summed E-state index contributed by atoms with van der Waals surface area (Å²) in [5.74, 6) is 0.871. The Morgan fingerprint density at radius 3 is 2.37 bits per heavy atom. The van der Waals surface area contributed by atoms with Crippen molar-refractivity contribution < 1.29 is 4.74 Å². The van der Waals surface area contributed by atoms with Crippen LogP contribution in [0, 0.1) is 6.92 Å². The standard InChI is InChI=1S/C16H18ClNO/c1-12-10-15(17)6-7-16(12)19-11-14-4-2-13(3-5-14)8-9-18/h2-7,10H,8-9,11,18H2,1H3. The second-order valence-electron chi connectivity index (χ2n) is 4.55. The van der Waals surface area contributed by atoms with E-state index in [0.717, 1.165) is 28.3 Å². The number of rotatable bonds is 5. The van der Waals surface area contributed by atoms with Gasteiger partial charge in [0.1, 0.15) is 12.4 Å². The molecule has 0 saturated carbocycles. The predicted octanol–water partition coefficient (Wildman–Crippen LogP) is 3.73. The van der Waals surface area contributed by atoms with Gasteiger partial charge in [-0.15, -0.1) is 0 Å². The van der Waals surface area contributed by atoms with E-state index in [4.69, 9.17) is 22.1 Å². The number of halogens is 1. The lowest BCUT2D eigenvalue weighted by Gasteiger charge is -2.10. The van der Waals surface area contributed by atoms with Gasteiger partial charge >= 0.3 is 0 Å². The maximum atomic E-state index is 5.92. The lowest BCUT2D eigenvalue weighted by molar-refractivity contribution is 0.304. The molecule has 2 aromatic rings. The van der Waals surface area contributed by atoms with Crippen LogP contribution in [0.3, 0.4) is 0 Å². The maximum Gasteiger partial charge on any atom is 0.122 e. The SMILES string of the molecule is Cc1cc(Cl)ccc1OCc1ccc(CCN)cc1. The summed E-state index contributed by atoms with van der Waals surface area (Å²) in [6, 6.07) is 14.0. The van der Waals surface area contributed by atoms with Gasteiger partial charge < -0.3 is 10.5 Å². The largest absolute Gasteiger partial charge is 0.489 e. The second kappa shape index (κ2) is 6.60. The van der Waals surface area contributed by atoms with Gasteiger partial charge in [-0.1, -0.05) is 35.9 Å². The van der Waals surface area contributed by atoms with E-state index in [0.29, 0.717) is 13.2 Å². The molecule has 0 bridgehead atoms. The average molecular weight is 276 g/mol. The van der Waals surface area contributed by atoms with Crippen LogP contribution in [-0.4, -0.2) is 6.54 Å². The summed E-state index contributed by atoms with van der Waals surface area (Å²) in [6.45, 7) is 3.23. The Hall–Kier alpha value is -1.51. The quantitative estimate of drug-likeness (QED) is 0.902. The van der Waals surface area contributed by atoms with Gasteiger partial charge in [-0.05, 0) is 54.8 Å². The molecule has 0 aliphatic rings. The van der Waals surface area contributed by atoms with Crippen LogP contribution in [0.2, 0.25) is 5.02 Å². The van der Waals surface area contributed by atoms with Gasteiger partial charge in [0.25, 0.3) is 0 Å². The van der Waals surface area contributed by atoms with Crippen molar-refractivity contribution in [3.8, 4) is 5.75 Å². The van der Waals surface area contributed by atoms with Crippen LogP contribution in [0.5, 0.6) is 5.75 Å². The van der Waals surface area contributed by atoms with Gasteiger partial charge in [-0.2, -0.15) is 0 Å². The Morgan fingerprint density at radius 2 is 1.74 bits per heavy atom. The van der Waals surface area contributed by atoms with E-state index in [9.17, 15) is 0 Å². The fourth-order valence-corrected chi connectivity index (χ4v) is 2.13. The Morgan fingerprint density at radius 1 is 1.05 bits per heavy atom. The third-order valence-electron chi connectivity index (χ3n) is 2.99. The molecule has 0 fully saturated rings. The number of hydrogen-bond acceptors (Lipinski definition) is 2. The van der Waals surface area contributed by atoms with Crippen molar-refractivity contribution in [3.63, 3.8) is 0 Å². The molecule has 0 atom stereocenters. The summed E-state index contributed by atoms with van der Waals surface area (Å²) < 4.78 is 5.79. The van der Waals surface area contributed by atoms with Crippen molar-refractivity contribution in [2.45, 2.75) is 20.0 Å². The summed E-state index contributed by atoms with van der Waals surface area (Å²) in [5, 5.41) is 0.732. The van der Waals surface area contributed by atoms with E-state index in [2.05, 4.69) is 24.3 Å². The molecule has 0 aliphatic heterocycles. The lowest BCUT2D eigenvalue weighted by Crippen LogP contribution is -2.03. The fraction of sp³-hybridized carbons (Fsp3) is 0.250. The molecular formula is C16H18ClNO. The molecule has 3 heteroatoms. The Kier molecular flexibility index (Phi) is 4.83. The van der Waals surface area contributed by atoms with Crippen LogP contribution >= 0.6 is 11.6 Å². The molecule has 0 aliphatic carbocycles. The van der Waals surface area contributed by atoms with Gasteiger partial charge in [0.15, 0.2) is 0 Å². The monoisotopic (exact) mass is 275 g/mol. The smallest absolute Gasteiger partial charge is 0.122 e. The number of ether oxygens (including phenoxy) is 1. The van der Waals surface area contributed by atoms with Gasteiger partial charge in [-0.3, -0.25) is 0 Å². The first-order chi connectivity index (χ1) is 9.19. The second-order valence-corrected chi connectivity index (χ2v) is 4.99. The summed E-state index contributed by atoms with van der Waals surface area (Å²) >= 11 is 5.92. The molecule has 0 saturated heterocycles. The molecule has 2 N–H and O–H groups in total. The molecule has 0 radical (unpaired) electrons. The number of benzene rings is 2. The molecule has 0 unspecified atom stereocenters.